The minimum atomic E-state index is -0.869. The number of halogens is 4. The van der Waals surface area contributed by atoms with Crippen LogP contribution in [0.5, 0.6) is 0 Å². The largest absolute Gasteiger partial charge is 0.320 e. The predicted molar refractivity (Wildman–Crippen MR) is 79.0 cm³/mol. The first-order valence-corrected chi connectivity index (χ1v) is 7.15. The van der Waals surface area contributed by atoms with E-state index in [0.29, 0.717) is 15.6 Å². The van der Waals surface area contributed by atoms with Gasteiger partial charge in [0.2, 0.25) is 0 Å². The molecule has 2 rings (SSSR count). The Morgan fingerprint density at radius 3 is 2.47 bits per heavy atom. The summed E-state index contributed by atoms with van der Waals surface area (Å²) >= 11 is 6.68. The molecule has 2 aromatic carbocycles. The average molecular weight is 391 g/mol. The summed E-state index contributed by atoms with van der Waals surface area (Å²) in [5.74, 6) is -1.23. The molecule has 0 bridgehead atoms. The highest BCUT2D eigenvalue weighted by Crippen LogP contribution is 2.32. The summed E-state index contributed by atoms with van der Waals surface area (Å²) in [4.78, 5) is 0. The third-order valence-corrected chi connectivity index (χ3v) is 4.14. The maximum atomic E-state index is 14.1. The quantitative estimate of drug-likeness (QED) is 0.779. The first kappa shape index (κ1) is 14.6. The summed E-state index contributed by atoms with van der Waals surface area (Å²) in [6.07, 6.45) is 0. The van der Waals surface area contributed by atoms with Crippen LogP contribution in [0.1, 0.15) is 22.7 Å². The zero-order valence-electron chi connectivity index (χ0n) is 10.1. The van der Waals surface area contributed by atoms with Crippen LogP contribution in [0.3, 0.4) is 0 Å². The molecule has 1 unspecified atom stereocenters. The van der Waals surface area contributed by atoms with Crippen molar-refractivity contribution < 1.29 is 8.78 Å². The maximum absolute atomic E-state index is 14.1. The molecule has 1 atom stereocenters. The second-order valence-corrected chi connectivity index (χ2v) is 6.01. The van der Waals surface area contributed by atoms with E-state index in [1.807, 2.05) is 6.07 Å². The Kier molecular flexibility index (Phi) is 4.38. The van der Waals surface area contributed by atoms with Crippen LogP contribution in [0.25, 0.3) is 0 Å². The molecular weight excluding hydrogens is 380 g/mol. The molecule has 100 valence electrons. The van der Waals surface area contributed by atoms with Gasteiger partial charge in [-0.25, -0.2) is 8.78 Å². The lowest BCUT2D eigenvalue weighted by atomic mass is 9.97. The number of aryl methyl sites for hydroxylation is 1. The molecule has 0 saturated heterocycles. The van der Waals surface area contributed by atoms with E-state index in [0.717, 1.165) is 4.47 Å². The van der Waals surface area contributed by atoms with E-state index in [1.165, 1.54) is 12.1 Å². The molecule has 0 aromatic heterocycles. The lowest BCUT2D eigenvalue weighted by molar-refractivity contribution is 0.538. The average Bonchev–Trinajstić information content (AvgIpc) is 2.37. The zero-order valence-corrected chi connectivity index (χ0v) is 13.2. The number of hydrogen-bond acceptors (Lipinski definition) is 1. The highest BCUT2D eigenvalue weighted by molar-refractivity contribution is 9.11. The summed E-state index contributed by atoms with van der Waals surface area (Å²) in [7, 11) is 0. The van der Waals surface area contributed by atoms with Gasteiger partial charge in [-0.15, -0.1) is 0 Å². The highest BCUT2D eigenvalue weighted by atomic mass is 79.9. The number of hydrogen-bond donors (Lipinski definition) is 1. The Balaban J connectivity index is 2.59. The smallest absolute Gasteiger partial charge is 0.134 e. The predicted octanol–water partition coefficient (Wildman–Crippen LogP) is 4.85. The van der Waals surface area contributed by atoms with Crippen molar-refractivity contribution in [2.24, 2.45) is 5.73 Å². The van der Waals surface area contributed by atoms with Gasteiger partial charge in [0.25, 0.3) is 0 Å². The fourth-order valence-electron chi connectivity index (χ4n) is 1.87. The standard InChI is InChI=1S/C14H11Br2F2N/c1-7-2-5-11(17)12(13(7)18)14(19)9-6-8(15)3-4-10(9)16/h2-6,14H,19H2,1H3. The number of benzene rings is 2. The molecule has 0 aliphatic rings. The van der Waals surface area contributed by atoms with Crippen LogP contribution < -0.4 is 5.73 Å². The van der Waals surface area contributed by atoms with Gasteiger partial charge in [-0.3, -0.25) is 0 Å². The summed E-state index contributed by atoms with van der Waals surface area (Å²) < 4.78 is 29.4. The van der Waals surface area contributed by atoms with Gasteiger partial charge in [-0.1, -0.05) is 37.9 Å². The minimum Gasteiger partial charge on any atom is -0.320 e. The van der Waals surface area contributed by atoms with Gasteiger partial charge in [0.1, 0.15) is 11.6 Å². The number of rotatable bonds is 2. The van der Waals surface area contributed by atoms with Crippen molar-refractivity contribution in [3.63, 3.8) is 0 Å². The molecule has 19 heavy (non-hydrogen) atoms. The van der Waals surface area contributed by atoms with Crippen molar-refractivity contribution in [2.45, 2.75) is 13.0 Å². The van der Waals surface area contributed by atoms with Crippen molar-refractivity contribution in [3.05, 3.63) is 67.6 Å². The molecule has 0 aliphatic carbocycles. The minimum absolute atomic E-state index is 0.112. The van der Waals surface area contributed by atoms with E-state index in [-0.39, 0.29) is 5.56 Å². The molecule has 0 heterocycles. The lowest BCUT2D eigenvalue weighted by Crippen LogP contribution is -2.17. The van der Waals surface area contributed by atoms with Crippen molar-refractivity contribution in [1.29, 1.82) is 0 Å². The SMILES string of the molecule is Cc1ccc(F)c(C(N)c2cc(Br)ccc2Br)c1F. The van der Waals surface area contributed by atoms with Gasteiger partial charge >= 0.3 is 0 Å². The van der Waals surface area contributed by atoms with Gasteiger partial charge in [-0.05, 0) is 42.3 Å². The Hall–Kier alpha value is -0.780. The van der Waals surface area contributed by atoms with Gasteiger partial charge in [-0.2, -0.15) is 0 Å². The summed E-state index contributed by atoms with van der Waals surface area (Å²) in [5.41, 5.74) is 6.91. The van der Waals surface area contributed by atoms with Gasteiger partial charge < -0.3 is 5.73 Å². The normalized spacial score (nSPS) is 12.5. The van der Waals surface area contributed by atoms with Crippen LogP contribution in [0.15, 0.2) is 39.3 Å². The molecule has 0 amide bonds. The summed E-state index contributed by atoms with van der Waals surface area (Å²) in [6.45, 7) is 1.58. The Morgan fingerprint density at radius 1 is 1.11 bits per heavy atom. The molecule has 5 heteroatoms. The number of nitrogens with two attached hydrogens (primary N) is 1. The van der Waals surface area contributed by atoms with Crippen LogP contribution in [0, 0.1) is 18.6 Å². The van der Waals surface area contributed by atoms with Crippen molar-refractivity contribution >= 4 is 31.9 Å². The summed E-state index contributed by atoms with van der Waals surface area (Å²) in [6, 6.07) is 7.12. The first-order chi connectivity index (χ1) is 8.91. The lowest BCUT2D eigenvalue weighted by Gasteiger charge is -2.17. The van der Waals surface area contributed by atoms with E-state index < -0.39 is 17.7 Å². The molecule has 2 N–H and O–H groups in total. The molecule has 0 radical (unpaired) electrons. The van der Waals surface area contributed by atoms with Gasteiger partial charge in [0.15, 0.2) is 0 Å². The molecule has 2 aromatic rings. The Bertz CT molecular complexity index is 629. The van der Waals surface area contributed by atoms with E-state index in [4.69, 9.17) is 5.73 Å². The first-order valence-electron chi connectivity index (χ1n) is 5.57. The molecule has 0 spiro atoms. The van der Waals surface area contributed by atoms with Crippen LogP contribution >= 0.6 is 31.9 Å². The van der Waals surface area contributed by atoms with Gasteiger partial charge in [0.05, 0.1) is 6.04 Å². The van der Waals surface area contributed by atoms with Gasteiger partial charge in [0, 0.05) is 14.5 Å². The van der Waals surface area contributed by atoms with Crippen molar-refractivity contribution in [3.8, 4) is 0 Å². The Morgan fingerprint density at radius 2 is 1.79 bits per heavy atom. The van der Waals surface area contributed by atoms with E-state index >= 15 is 0 Å². The Labute approximate surface area is 127 Å². The third-order valence-electron chi connectivity index (χ3n) is 2.92. The molecule has 0 saturated carbocycles. The fraction of sp³-hybridized carbons (Fsp3) is 0.143. The molecular formula is C14H11Br2F2N. The summed E-state index contributed by atoms with van der Waals surface area (Å²) in [5, 5.41) is 0. The third kappa shape index (κ3) is 2.88. The van der Waals surface area contributed by atoms with Crippen LogP contribution in [0.4, 0.5) is 8.78 Å². The zero-order chi connectivity index (χ0) is 14.2. The second-order valence-electron chi connectivity index (χ2n) is 4.24. The second kappa shape index (κ2) is 5.69. The monoisotopic (exact) mass is 389 g/mol. The van der Waals surface area contributed by atoms with Crippen LogP contribution in [-0.4, -0.2) is 0 Å². The van der Waals surface area contributed by atoms with Crippen molar-refractivity contribution in [2.75, 3.05) is 0 Å². The maximum Gasteiger partial charge on any atom is 0.134 e. The van der Waals surface area contributed by atoms with Crippen LogP contribution in [0.2, 0.25) is 0 Å². The molecule has 0 fully saturated rings. The van der Waals surface area contributed by atoms with Crippen LogP contribution in [-0.2, 0) is 0 Å². The molecule has 0 aliphatic heterocycles. The van der Waals surface area contributed by atoms with E-state index in [9.17, 15) is 8.78 Å². The van der Waals surface area contributed by atoms with E-state index in [2.05, 4.69) is 31.9 Å². The highest BCUT2D eigenvalue weighted by Gasteiger charge is 2.21. The topological polar surface area (TPSA) is 26.0 Å². The van der Waals surface area contributed by atoms with Crippen molar-refractivity contribution in [1.82, 2.24) is 0 Å². The fourth-order valence-corrected chi connectivity index (χ4v) is 2.74. The molecule has 1 nitrogen and oxygen atoms in total. The van der Waals surface area contributed by atoms with E-state index in [1.54, 1.807) is 19.1 Å².